The fourth-order valence-electron chi connectivity index (χ4n) is 2.62. The molecule has 0 spiro atoms. The summed E-state index contributed by atoms with van der Waals surface area (Å²) >= 11 is 0. The number of nitrogens with zero attached hydrogens (tertiary/aromatic N) is 2. The lowest BCUT2D eigenvalue weighted by atomic mass is 10.0. The van der Waals surface area contributed by atoms with Gasteiger partial charge in [-0.15, -0.1) is 0 Å². The first-order valence-electron chi connectivity index (χ1n) is 8.17. The maximum atomic E-state index is 13.6. The maximum Gasteiger partial charge on any atom is 0.200 e. The van der Waals surface area contributed by atoms with Gasteiger partial charge >= 0.3 is 0 Å². The number of rotatable bonds is 5. The van der Waals surface area contributed by atoms with Gasteiger partial charge in [-0.25, -0.2) is 8.78 Å². The number of hydrogen-bond acceptors (Lipinski definition) is 4. The van der Waals surface area contributed by atoms with E-state index in [2.05, 4.69) is 0 Å². The summed E-state index contributed by atoms with van der Waals surface area (Å²) in [7, 11) is 0. The second-order valence-corrected chi connectivity index (χ2v) is 5.88. The molecule has 0 N–H and O–H groups in total. The van der Waals surface area contributed by atoms with Crippen molar-refractivity contribution in [1.29, 1.82) is 10.5 Å². The molecule has 0 saturated carbocycles. The number of carbonyl (C=O) groups is 1. The Morgan fingerprint density at radius 3 is 2.07 bits per heavy atom. The summed E-state index contributed by atoms with van der Waals surface area (Å²) in [4.78, 5) is 12.3. The molecule has 0 amide bonds. The molecule has 0 radical (unpaired) electrons. The molecule has 0 heterocycles. The average molecular weight is 374 g/mol. The van der Waals surface area contributed by atoms with E-state index in [1.54, 1.807) is 0 Å². The third-order valence-electron chi connectivity index (χ3n) is 3.98. The molecule has 0 bridgehead atoms. The summed E-state index contributed by atoms with van der Waals surface area (Å²) in [6.07, 6.45) is 0. The van der Waals surface area contributed by atoms with Gasteiger partial charge in [0.05, 0.1) is 23.3 Å². The fraction of sp³-hybridized carbons (Fsp3) is 0.0455. The number of nitriles is 2. The summed E-state index contributed by atoms with van der Waals surface area (Å²) in [5.41, 5.74) is 1.57. The second kappa shape index (κ2) is 8.11. The zero-order valence-corrected chi connectivity index (χ0v) is 14.4. The lowest BCUT2D eigenvalue weighted by Gasteiger charge is -2.12. The van der Waals surface area contributed by atoms with Crippen molar-refractivity contribution in [3.05, 3.63) is 89.0 Å². The monoisotopic (exact) mass is 374 g/mol. The van der Waals surface area contributed by atoms with Crippen molar-refractivity contribution in [1.82, 2.24) is 0 Å². The van der Waals surface area contributed by atoms with Crippen LogP contribution in [0.1, 0.15) is 21.5 Å². The van der Waals surface area contributed by atoms with Crippen LogP contribution in [0.25, 0.3) is 11.1 Å². The van der Waals surface area contributed by atoms with Gasteiger partial charge in [0.25, 0.3) is 0 Å². The Morgan fingerprint density at radius 1 is 0.857 bits per heavy atom. The third-order valence-corrected chi connectivity index (χ3v) is 3.98. The molecule has 3 rings (SSSR count). The highest BCUT2D eigenvalue weighted by molar-refractivity contribution is 5.97. The van der Waals surface area contributed by atoms with Crippen LogP contribution in [0.4, 0.5) is 8.78 Å². The number of Topliss-reactive ketones (excluding diaryl/α,β-unsaturated/α-hetero) is 1. The molecule has 0 aromatic heterocycles. The van der Waals surface area contributed by atoms with Crippen LogP contribution in [-0.2, 0) is 0 Å². The number of benzene rings is 3. The summed E-state index contributed by atoms with van der Waals surface area (Å²) < 4.78 is 32.8. The van der Waals surface area contributed by atoms with Crippen LogP contribution in [-0.4, -0.2) is 12.4 Å². The summed E-state index contributed by atoms with van der Waals surface area (Å²) in [5.74, 6) is -1.65. The van der Waals surface area contributed by atoms with Gasteiger partial charge in [-0.2, -0.15) is 10.5 Å². The van der Waals surface area contributed by atoms with Gasteiger partial charge in [0.15, 0.2) is 12.4 Å². The van der Waals surface area contributed by atoms with Crippen LogP contribution in [0.5, 0.6) is 5.75 Å². The summed E-state index contributed by atoms with van der Waals surface area (Å²) in [5, 5.41) is 17.9. The molecule has 28 heavy (non-hydrogen) atoms. The van der Waals surface area contributed by atoms with Crippen molar-refractivity contribution in [2.45, 2.75) is 0 Å². The van der Waals surface area contributed by atoms with Gasteiger partial charge in [0, 0.05) is 17.2 Å². The molecule has 6 heteroatoms. The van der Waals surface area contributed by atoms with E-state index in [0.29, 0.717) is 16.7 Å². The van der Waals surface area contributed by atoms with Gasteiger partial charge in [-0.1, -0.05) is 0 Å². The SMILES string of the molecule is N#Cc1ccc(C(=O)COc2ccc(C#N)cc2-c2cc(F)cc(F)c2)cc1. The number of ketones is 1. The van der Waals surface area contributed by atoms with E-state index in [0.717, 1.165) is 18.2 Å². The Labute approximate surface area is 159 Å². The minimum Gasteiger partial charge on any atom is -0.485 e. The van der Waals surface area contributed by atoms with E-state index in [1.807, 2.05) is 12.1 Å². The minimum absolute atomic E-state index is 0.190. The molecule has 0 aliphatic rings. The molecule has 3 aromatic carbocycles. The smallest absolute Gasteiger partial charge is 0.200 e. The molecule has 0 aliphatic heterocycles. The molecule has 0 unspecified atom stereocenters. The normalized spacial score (nSPS) is 10.0. The van der Waals surface area contributed by atoms with E-state index in [4.69, 9.17) is 15.3 Å². The van der Waals surface area contributed by atoms with Crippen molar-refractivity contribution in [2.75, 3.05) is 6.61 Å². The van der Waals surface area contributed by atoms with Crippen molar-refractivity contribution >= 4 is 5.78 Å². The van der Waals surface area contributed by atoms with Gasteiger partial charge in [0.2, 0.25) is 0 Å². The first-order chi connectivity index (χ1) is 13.5. The lowest BCUT2D eigenvalue weighted by Crippen LogP contribution is -2.12. The average Bonchev–Trinajstić information content (AvgIpc) is 2.71. The highest BCUT2D eigenvalue weighted by Gasteiger charge is 2.13. The second-order valence-electron chi connectivity index (χ2n) is 5.88. The molecular formula is C22H12F2N2O2. The lowest BCUT2D eigenvalue weighted by molar-refractivity contribution is 0.0922. The third kappa shape index (κ3) is 4.20. The molecular weight excluding hydrogens is 362 g/mol. The molecule has 0 fully saturated rings. The Morgan fingerprint density at radius 2 is 1.46 bits per heavy atom. The summed E-state index contributed by atoms with van der Waals surface area (Å²) in [6.45, 7) is -0.317. The molecule has 0 saturated heterocycles. The number of carbonyl (C=O) groups excluding carboxylic acids is 1. The first-order valence-corrected chi connectivity index (χ1v) is 8.17. The maximum absolute atomic E-state index is 13.6. The van der Waals surface area contributed by atoms with Crippen molar-refractivity contribution in [2.24, 2.45) is 0 Å². The standard InChI is InChI=1S/C22H12F2N2O2/c23-18-8-17(9-19(24)10-18)20-7-15(12-26)3-6-22(20)28-13-21(27)16-4-1-14(11-25)2-5-16/h1-10H,13H2. The van der Waals surface area contributed by atoms with Crippen LogP contribution >= 0.6 is 0 Å². The molecule has 136 valence electrons. The Balaban J connectivity index is 1.88. The van der Waals surface area contributed by atoms with E-state index < -0.39 is 11.6 Å². The van der Waals surface area contributed by atoms with E-state index >= 15 is 0 Å². The Hall–Kier alpha value is -4.03. The van der Waals surface area contributed by atoms with Gasteiger partial charge in [0.1, 0.15) is 17.4 Å². The topological polar surface area (TPSA) is 73.9 Å². The number of halogens is 2. The zero-order chi connectivity index (χ0) is 20.1. The predicted molar refractivity (Wildman–Crippen MR) is 97.5 cm³/mol. The Bertz CT molecular complexity index is 1110. The van der Waals surface area contributed by atoms with Gasteiger partial charge in [-0.3, -0.25) is 4.79 Å². The molecule has 4 nitrogen and oxygen atoms in total. The summed E-state index contributed by atoms with van der Waals surface area (Å²) in [6, 6.07) is 17.4. The van der Waals surface area contributed by atoms with E-state index in [1.165, 1.54) is 42.5 Å². The molecule has 0 aliphatic carbocycles. The van der Waals surface area contributed by atoms with Crippen LogP contribution in [0.2, 0.25) is 0 Å². The van der Waals surface area contributed by atoms with E-state index in [-0.39, 0.29) is 29.3 Å². The minimum atomic E-state index is -0.767. The van der Waals surface area contributed by atoms with Crippen LogP contribution in [0.3, 0.4) is 0 Å². The highest BCUT2D eigenvalue weighted by atomic mass is 19.1. The fourth-order valence-corrected chi connectivity index (χ4v) is 2.62. The van der Waals surface area contributed by atoms with Crippen molar-refractivity contribution in [3.8, 4) is 29.0 Å². The quantitative estimate of drug-likeness (QED) is 0.610. The van der Waals surface area contributed by atoms with Gasteiger partial charge in [-0.05, 0) is 60.2 Å². The van der Waals surface area contributed by atoms with Gasteiger partial charge < -0.3 is 4.74 Å². The number of ether oxygens (including phenoxy) is 1. The van der Waals surface area contributed by atoms with E-state index in [9.17, 15) is 13.6 Å². The zero-order valence-electron chi connectivity index (χ0n) is 14.4. The molecule has 0 atom stereocenters. The van der Waals surface area contributed by atoms with Crippen LogP contribution < -0.4 is 4.74 Å². The highest BCUT2D eigenvalue weighted by Crippen LogP contribution is 2.32. The van der Waals surface area contributed by atoms with Crippen LogP contribution in [0.15, 0.2) is 60.7 Å². The van der Waals surface area contributed by atoms with Crippen molar-refractivity contribution in [3.63, 3.8) is 0 Å². The Kier molecular flexibility index (Phi) is 5.43. The largest absolute Gasteiger partial charge is 0.485 e. The predicted octanol–water partition coefficient (Wildman–Crippen LogP) is 4.64. The first kappa shape index (κ1) is 18.8. The number of hydrogen-bond donors (Lipinski definition) is 0. The van der Waals surface area contributed by atoms with Crippen molar-refractivity contribution < 1.29 is 18.3 Å². The molecule has 3 aromatic rings. The van der Waals surface area contributed by atoms with Crippen LogP contribution in [0, 0.1) is 34.3 Å².